The summed E-state index contributed by atoms with van der Waals surface area (Å²) in [6, 6.07) is 3.20. The molecule has 1 aromatic heterocycles. The van der Waals surface area contributed by atoms with Crippen molar-refractivity contribution in [1.29, 1.82) is 0 Å². The van der Waals surface area contributed by atoms with Crippen LogP contribution in [0.2, 0.25) is 5.15 Å². The average Bonchev–Trinajstić information content (AvgIpc) is 2.24. The van der Waals surface area contributed by atoms with E-state index in [1.54, 1.807) is 24.1 Å². The second kappa shape index (κ2) is 5.68. The van der Waals surface area contributed by atoms with E-state index in [2.05, 4.69) is 4.98 Å². The molecule has 1 amide bonds. The summed E-state index contributed by atoms with van der Waals surface area (Å²) in [5.41, 5.74) is 5.92. The van der Waals surface area contributed by atoms with Crippen molar-refractivity contribution in [3.63, 3.8) is 0 Å². The third-order valence-corrected chi connectivity index (χ3v) is 2.22. The molecule has 82 valence electrons. The second-order valence-corrected chi connectivity index (χ2v) is 3.62. The predicted octanol–water partition coefficient (Wildman–Crippen LogP) is 1.16. The Morgan fingerprint density at radius 3 is 3.00 bits per heavy atom. The fraction of sp³-hybridized carbons (Fsp3) is 0.400. The highest BCUT2D eigenvalue weighted by atomic mass is 35.5. The minimum Gasteiger partial charge on any atom is -0.342 e. The maximum atomic E-state index is 11.8. The lowest BCUT2D eigenvalue weighted by atomic mass is 10.2. The highest BCUT2D eigenvalue weighted by molar-refractivity contribution is 6.29. The SMILES string of the molecule is CN(CCCN)C(=O)c1ccnc(Cl)c1. The zero-order chi connectivity index (χ0) is 11.3. The summed E-state index contributed by atoms with van der Waals surface area (Å²) < 4.78 is 0. The average molecular weight is 228 g/mol. The summed E-state index contributed by atoms with van der Waals surface area (Å²) in [7, 11) is 1.74. The van der Waals surface area contributed by atoms with Gasteiger partial charge in [0.1, 0.15) is 5.15 Å². The Labute approximate surface area is 94.0 Å². The molecule has 0 spiro atoms. The highest BCUT2D eigenvalue weighted by Crippen LogP contribution is 2.09. The Morgan fingerprint density at radius 2 is 2.40 bits per heavy atom. The molecule has 0 saturated carbocycles. The van der Waals surface area contributed by atoms with Gasteiger partial charge in [0.05, 0.1) is 0 Å². The van der Waals surface area contributed by atoms with Gasteiger partial charge in [-0.3, -0.25) is 4.79 Å². The molecule has 1 rings (SSSR count). The molecule has 0 unspecified atom stereocenters. The molecule has 0 aliphatic rings. The van der Waals surface area contributed by atoms with Crippen LogP contribution in [-0.4, -0.2) is 35.9 Å². The van der Waals surface area contributed by atoms with Crippen molar-refractivity contribution in [1.82, 2.24) is 9.88 Å². The van der Waals surface area contributed by atoms with Gasteiger partial charge < -0.3 is 10.6 Å². The molecule has 0 radical (unpaired) electrons. The number of amides is 1. The standard InChI is InChI=1S/C10H14ClN3O/c1-14(6-2-4-12)10(15)8-3-5-13-9(11)7-8/h3,5,7H,2,4,6,12H2,1H3. The van der Waals surface area contributed by atoms with Gasteiger partial charge in [-0.25, -0.2) is 4.98 Å². The minimum absolute atomic E-state index is 0.0623. The fourth-order valence-electron chi connectivity index (χ4n) is 1.19. The van der Waals surface area contributed by atoms with Crippen molar-refractivity contribution >= 4 is 17.5 Å². The number of hydrogen-bond donors (Lipinski definition) is 1. The number of pyridine rings is 1. The van der Waals surface area contributed by atoms with Crippen LogP contribution in [0, 0.1) is 0 Å². The molecule has 2 N–H and O–H groups in total. The molecule has 0 atom stereocenters. The van der Waals surface area contributed by atoms with Crippen molar-refractivity contribution < 1.29 is 4.79 Å². The van der Waals surface area contributed by atoms with E-state index in [0.717, 1.165) is 6.42 Å². The van der Waals surface area contributed by atoms with E-state index >= 15 is 0 Å². The van der Waals surface area contributed by atoms with Gasteiger partial charge in [0.25, 0.3) is 5.91 Å². The molecule has 0 bridgehead atoms. The van der Waals surface area contributed by atoms with Crippen molar-refractivity contribution in [3.05, 3.63) is 29.0 Å². The highest BCUT2D eigenvalue weighted by Gasteiger charge is 2.11. The first-order valence-electron chi connectivity index (χ1n) is 4.72. The van der Waals surface area contributed by atoms with Crippen LogP contribution < -0.4 is 5.73 Å². The lowest BCUT2D eigenvalue weighted by Gasteiger charge is -2.16. The van der Waals surface area contributed by atoms with Crippen molar-refractivity contribution in [2.45, 2.75) is 6.42 Å². The Hall–Kier alpha value is -1.13. The number of hydrogen-bond acceptors (Lipinski definition) is 3. The largest absolute Gasteiger partial charge is 0.342 e. The van der Waals surface area contributed by atoms with Crippen molar-refractivity contribution in [2.75, 3.05) is 20.1 Å². The maximum absolute atomic E-state index is 11.8. The quantitative estimate of drug-likeness (QED) is 0.786. The molecule has 0 fully saturated rings. The topological polar surface area (TPSA) is 59.2 Å². The van der Waals surface area contributed by atoms with Gasteiger partial charge in [-0.15, -0.1) is 0 Å². The monoisotopic (exact) mass is 227 g/mol. The summed E-state index contributed by atoms with van der Waals surface area (Å²) in [6.45, 7) is 1.23. The molecule has 0 aliphatic heterocycles. The molecule has 4 nitrogen and oxygen atoms in total. The first-order chi connectivity index (χ1) is 7.15. The summed E-state index contributed by atoms with van der Waals surface area (Å²) >= 11 is 5.70. The van der Waals surface area contributed by atoms with Crippen LogP contribution in [0.15, 0.2) is 18.3 Å². The Bertz CT molecular complexity index is 343. The van der Waals surface area contributed by atoms with Crippen LogP contribution in [0.25, 0.3) is 0 Å². The van der Waals surface area contributed by atoms with Crippen molar-refractivity contribution in [2.24, 2.45) is 5.73 Å². The first kappa shape index (κ1) is 11.9. The number of rotatable bonds is 4. The maximum Gasteiger partial charge on any atom is 0.253 e. The number of nitrogens with zero attached hydrogens (tertiary/aromatic N) is 2. The molecule has 0 aliphatic carbocycles. The summed E-state index contributed by atoms with van der Waals surface area (Å²) in [5, 5.41) is 0.327. The van der Waals surface area contributed by atoms with E-state index < -0.39 is 0 Å². The summed E-state index contributed by atoms with van der Waals surface area (Å²) in [6.07, 6.45) is 2.31. The number of carbonyl (C=O) groups excluding carboxylic acids is 1. The zero-order valence-electron chi connectivity index (χ0n) is 8.61. The van der Waals surface area contributed by atoms with Gasteiger partial charge in [-0.1, -0.05) is 11.6 Å². The Kier molecular flexibility index (Phi) is 4.52. The lowest BCUT2D eigenvalue weighted by molar-refractivity contribution is 0.0794. The first-order valence-corrected chi connectivity index (χ1v) is 5.10. The van der Waals surface area contributed by atoms with Gasteiger partial charge >= 0.3 is 0 Å². The van der Waals surface area contributed by atoms with Crippen LogP contribution >= 0.6 is 11.6 Å². The van der Waals surface area contributed by atoms with E-state index in [4.69, 9.17) is 17.3 Å². The fourth-order valence-corrected chi connectivity index (χ4v) is 1.36. The van der Waals surface area contributed by atoms with Crippen LogP contribution in [-0.2, 0) is 0 Å². The van der Waals surface area contributed by atoms with Gasteiger partial charge in [0, 0.05) is 25.4 Å². The molecule has 1 aromatic rings. The Balaban J connectivity index is 2.67. The Morgan fingerprint density at radius 1 is 1.67 bits per heavy atom. The van der Waals surface area contributed by atoms with E-state index in [-0.39, 0.29) is 5.91 Å². The molecule has 5 heteroatoms. The number of aromatic nitrogens is 1. The lowest BCUT2D eigenvalue weighted by Crippen LogP contribution is -2.28. The minimum atomic E-state index is -0.0623. The molecular weight excluding hydrogens is 214 g/mol. The third-order valence-electron chi connectivity index (χ3n) is 2.02. The van der Waals surface area contributed by atoms with Gasteiger partial charge in [0.15, 0.2) is 0 Å². The van der Waals surface area contributed by atoms with E-state index in [1.807, 2.05) is 0 Å². The molecule has 15 heavy (non-hydrogen) atoms. The van der Waals surface area contributed by atoms with Crippen LogP contribution in [0.5, 0.6) is 0 Å². The third kappa shape index (κ3) is 3.49. The van der Waals surface area contributed by atoms with Crippen LogP contribution in [0.1, 0.15) is 16.8 Å². The van der Waals surface area contributed by atoms with Gasteiger partial charge in [-0.05, 0) is 25.1 Å². The summed E-state index contributed by atoms with van der Waals surface area (Å²) in [5.74, 6) is -0.0623. The number of halogens is 1. The summed E-state index contributed by atoms with van der Waals surface area (Å²) in [4.78, 5) is 17.2. The van der Waals surface area contributed by atoms with E-state index in [1.165, 1.54) is 6.20 Å². The van der Waals surface area contributed by atoms with E-state index in [9.17, 15) is 4.79 Å². The molecular formula is C10H14ClN3O. The number of nitrogens with two attached hydrogens (primary N) is 1. The van der Waals surface area contributed by atoms with Gasteiger partial charge in [-0.2, -0.15) is 0 Å². The molecule has 0 aromatic carbocycles. The molecule has 1 heterocycles. The normalized spacial score (nSPS) is 10.1. The van der Waals surface area contributed by atoms with Crippen LogP contribution in [0.3, 0.4) is 0 Å². The van der Waals surface area contributed by atoms with E-state index in [0.29, 0.717) is 23.8 Å². The number of carbonyl (C=O) groups is 1. The van der Waals surface area contributed by atoms with Crippen LogP contribution in [0.4, 0.5) is 0 Å². The zero-order valence-corrected chi connectivity index (χ0v) is 9.37. The smallest absolute Gasteiger partial charge is 0.253 e. The van der Waals surface area contributed by atoms with Gasteiger partial charge in [0.2, 0.25) is 0 Å². The predicted molar refractivity (Wildman–Crippen MR) is 59.9 cm³/mol. The van der Waals surface area contributed by atoms with Crippen molar-refractivity contribution in [3.8, 4) is 0 Å². The molecule has 0 saturated heterocycles. The second-order valence-electron chi connectivity index (χ2n) is 3.24.